The van der Waals surface area contributed by atoms with Crippen molar-refractivity contribution >= 4 is 5.97 Å². The van der Waals surface area contributed by atoms with Crippen LogP contribution in [0.2, 0.25) is 0 Å². The molecular weight excluding hydrogens is 440 g/mol. The molecule has 0 saturated carbocycles. The summed E-state index contributed by atoms with van der Waals surface area (Å²) in [6, 6.07) is 8.29. The maximum atomic E-state index is 11.3. The van der Waals surface area contributed by atoms with Crippen LogP contribution in [0.5, 0.6) is 5.75 Å². The second-order valence-electron chi connectivity index (χ2n) is 11.4. The molecule has 2 unspecified atom stereocenters. The Morgan fingerprint density at radius 1 is 1.06 bits per heavy atom. The van der Waals surface area contributed by atoms with Gasteiger partial charge in [0.2, 0.25) is 0 Å². The zero-order valence-corrected chi connectivity index (χ0v) is 23.2. The zero-order chi connectivity index (χ0) is 25.7. The summed E-state index contributed by atoms with van der Waals surface area (Å²) >= 11 is 0. The van der Waals surface area contributed by atoms with Crippen LogP contribution in [0.1, 0.15) is 104 Å². The predicted molar refractivity (Wildman–Crippen MR) is 142 cm³/mol. The van der Waals surface area contributed by atoms with E-state index in [-0.39, 0.29) is 22.9 Å². The van der Waals surface area contributed by atoms with Gasteiger partial charge < -0.3 is 18.9 Å². The molecule has 0 N–H and O–H groups in total. The van der Waals surface area contributed by atoms with Crippen LogP contribution in [0.25, 0.3) is 0 Å². The van der Waals surface area contributed by atoms with Crippen molar-refractivity contribution in [3.63, 3.8) is 0 Å². The van der Waals surface area contributed by atoms with E-state index in [9.17, 15) is 4.79 Å². The van der Waals surface area contributed by atoms with Gasteiger partial charge in [0.1, 0.15) is 5.75 Å². The zero-order valence-electron chi connectivity index (χ0n) is 23.2. The standard InChI is InChI=1S/C30H50O5/c1-7-34-26(31)19-14-12-10-8-9-11-13-15-20-33-22-29(2,3)28-27(35-23-30(28,4)5)24-17-16-18-25(21-24)32-6/h16-18,21,27-28H,7-15,19-20,22-23H2,1-6H3. The summed E-state index contributed by atoms with van der Waals surface area (Å²) in [5.41, 5.74) is 1.27. The molecule has 0 spiro atoms. The maximum absolute atomic E-state index is 11.3. The second-order valence-corrected chi connectivity index (χ2v) is 11.4. The molecule has 1 saturated heterocycles. The number of ether oxygens (including phenoxy) is 4. The van der Waals surface area contributed by atoms with Crippen LogP contribution in [0, 0.1) is 16.7 Å². The van der Waals surface area contributed by atoms with E-state index in [4.69, 9.17) is 18.9 Å². The fraction of sp³-hybridized carbons (Fsp3) is 0.767. The average Bonchev–Trinajstić information content (AvgIpc) is 3.15. The van der Waals surface area contributed by atoms with E-state index in [2.05, 4.69) is 39.8 Å². The molecule has 1 fully saturated rings. The van der Waals surface area contributed by atoms with Crippen LogP contribution >= 0.6 is 0 Å². The topological polar surface area (TPSA) is 54.0 Å². The molecular formula is C30H50O5. The minimum Gasteiger partial charge on any atom is -0.497 e. The number of rotatable bonds is 17. The Kier molecular flexibility index (Phi) is 12.6. The number of carbonyl (C=O) groups excluding carboxylic acids is 1. The first kappa shape index (κ1) is 29.6. The third kappa shape index (κ3) is 9.76. The quantitative estimate of drug-likeness (QED) is 0.167. The van der Waals surface area contributed by atoms with Gasteiger partial charge in [-0.05, 0) is 48.3 Å². The van der Waals surface area contributed by atoms with Crippen molar-refractivity contribution in [3.8, 4) is 5.75 Å². The highest BCUT2D eigenvalue weighted by Crippen LogP contribution is 2.54. The molecule has 1 heterocycles. The van der Waals surface area contributed by atoms with Gasteiger partial charge in [-0.1, -0.05) is 78.4 Å². The van der Waals surface area contributed by atoms with Crippen molar-refractivity contribution in [2.45, 2.75) is 98.5 Å². The van der Waals surface area contributed by atoms with Crippen LogP contribution in [-0.2, 0) is 19.0 Å². The Bertz CT molecular complexity index is 742. The molecule has 0 aromatic heterocycles. The SMILES string of the molecule is CCOC(=O)CCCCCCCCCCOCC(C)(C)C1C(c2cccc(OC)c2)OCC1(C)C. The van der Waals surface area contributed by atoms with Crippen LogP contribution in [0.3, 0.4) is 0 Å². The lowest BCUT2D eigenvalue weighted by atomic mass is 9.63. The predicted octanol–water partition coefficient (Wildman–Crippen LogP) is 7.53. The third-order valence-corrected chi connectivity index (χ3v) is 7.24. The van der Waals surface area contributed by atoms with E-state index in [1.807, 2.05) is 19.1 Å². The summed E-state index contributed by atoms with van der Waals surface area (Å²) in [7, 11) is 1.71. The first-order valence-electron chi connectivity index (χ1n) is 13.7. The van der Waals surface area contributed by atoms with Crippen LogP contribution in [0.15, 0.2) is 24.3 Å². The smallest absolute Gasteiger partial charge is 0.305 e. The Morgan fingerprint density at radius 3 is 2.37 bits per heavy atom. The van der Waals surface area contributed by atoms with Crippen LogP contribution in [-0.4, -0.2) is 39.5 Å². The number of benzene rings is 1. The van der Waals surface area contributed by atoms with E-state index in [0.717, 1.165) is 44.8 Å². The van der Waals surface area contributed by atoms with Crippen molar-refractivity contribution in [2.24, 2.45) is 16.7 Å². The van der Waals surface area contributed by atoms with Gasteiger partial charge >= 0.3 is 5.97 Å². The number of methoxy groups -OCH3 is 1. The molecule has 0 radical (unpaired) electrons. The van der Waals surface area contributed by atoms with E-state index < -0.39 is 0 Å². The van der Waals surface area contributed by atoms with E-state index in [1.54, 1.807) is 7.11 Å². The summed E-state index contributed by atoms with van der Waals surface area (Å²) in [5, 5.41) is 0. The van der Waals surface area contributed by atoms with Crippen molar-refractivity contribution < 1.29 is 23.7 Å². The summed E-state index contributed by atoms with van der Waals surface area (Å²) in [6.07, 6.45) is 9.99. The van der Waals surface area contributed by atoms with Gasteiger partial charge in [0, 0.05) is 18.9 Å². The Balaban J connectivity index is 1.66. The number of carbonyl (C=O) groups is 1. The van der Waals surface area contributed by atoms with Gasteiger partial charge in [-0.3, -0.25) is 4.79 Å². The summed E-state index contributed by atoms with van der Waals surface area (Å²) in [4.78, 5) is 11.3. The molecule has 0 amide bonds. The number of esters is 1. The molecule has 1 aliphatic rings. The minimum absolute atomic E-state index is 0.00268. The summed E-state index contributed by atoms with van der Waals surface area (Å²) in [6.45, 7) is 13.9. The lowest BCUT2D eigenvalue weighted by molar-refractivity contribution is -0.143. The molecule has 1 aliphatic heterocycles. The highest BCUT2D eigenvalue weighted by atomic mass is 16.5. The Labute approximate surface area is 214 Å². The monoisotopic (exact) mass is 490 g/mol. The van der Waals surface area contributed by atoms with Gasteiger partial charge in [0.15, 0.2) is 0 Å². The van der Waals surface area contributed by atoms with Gasteiger partial charge in [-0.2, -0.15) is 0 Å². The highest BCUT2D eigenvalue weighted by molar-refractivity contribution is 5.69. The summed E-state index contributed by atoms with van der Waals surface area (Å²) in [5.74, 6) is 1.17. The number of hydrogen-bond donors (Lipinski definition) is 0. The normalized spacial score (nSPS) is 19.6. The molecule has 0 aliphatic carbocycles. The molecule has 0 bridgehead atoms. The third-order valence-electron chi connectivity index (χ3n) is 7.24. The summed E-state index contributed by atoms with van der Waals surface area (Å²) < 4.78 is 23.0. The fourth-order valence-electron chi connectivity index (χ4n) is 5.67. The van der Waals surface area contributed by atoms with Gasteiger partial charge in [-0.15, -0.1) is 0 Å². The Morgan fingerprint density at radius 2 is 1.71 bits per heavy atom. The number of unbranched alkanes of at least 4 members (excludes halogenated alkanes) is 7. The van der Waals surface area contributed by atoms with Crippen LogP contribution < -0.4 is 4.74 Å². The largest absolute Gasteiger partial charge is 0.497 e. The molecule has 2 rings (SSSR count). The van der Waals surface area contributed by atoms with Crippen molar-refractivity contribution in [3.05, 3.63) is 29.8 Å². The highest BCUT2D eigenvalue weighted by Gasteiger charge is 2.51. The van der Waals surface area contributed by atoms with E-state index in [1.165, 1.54) is 37.7 Å². The minimum atomic E-state index is -0.0597. The molecule has 200 valence electrons. The molecule has 1 aromatic rings. The molecule has 2 atom stereocenters. The van der Waals surface area contributed by atoms with Crippen molar-refractivity contribution in [1.29, 1.82) is 0 Å². The van der Waals surface area contributed by atoms with Gasteiger partial charge in [0.25, 0.3) is 0 Å². The molecule has 1 aromatic carbocycles. The molecule has 35 heavy (non-hydrogen) atoms. The lowest BCUT2D eigenvalue weighted by Crippen LogP contribution is -2.39. The van der Waals surface area contributed by atoms with E-state index >= 15 is 0 Å². The fourth-order valence-corrected chi connectivity index (χ4v) is 5.67. The van der Waals surface area contributed by atoms with Crippen molar-refractivity contribution in [2.75, 3.05) is 33.5 Å². The number of hydrogen-bond acceptors (Lipinski definition) is 5. The first-order valence-corrected chi connectivity index (χ1v) is 13.7. The first-order chi connectivity index (χ1) is 16.7. The Hall–Kier alpha value is -1.59. The van der Waals surface area contributed by atoms with E-state index in [0.29, 0.717) is 18.9 Å². The van der Waals surface area contributed by atoms with Crippen LogP contribution in [0.4, 0.5) is 0 Å². The van der Waals surface area contributed by atoms with Gasteiger partial charge in [-0.25, -0.2) is 0 Å². The van der Waals surface area contributed by atoms with Gasteiger partial charge in [0.05, 0.1) is 33.0 Å². The second kappa shape index (κ2) is 14.8. The molecule has 5 nitrogen and oxygen atoms in total. The lowest BCUT2D eigenvalue weighted by Gasteiger charge is -2.41. The van der Waals surface area contributed by atoms with Crippen molar-refractivity contribution in [1.82, 2.24) is 0 Å². The molecule has 5 heteroatoms. The maximum Gasteiger partial charge on any atom is 0.305 e. The average molecular weight is 491 g/mol.